The number of thiocarbonyl (C=S) groups is 1. The Morgan fingerprint density at radius 3 is 2.81 bits per heavy atom. The number of methoxy groups -OCH3 is 1. The molecule has 2 rings (SSSR count). The molecule has 0 fully saturated rings. The van der Waals surface area contributed by atoms with Crippen molar-refractivity contribution in [1.82, 2.24) is 10.7 Å². The number of carbonyl (C=O) groups excluding carboxylic acids is 1. The van der Waals surface area contributed by atoms with Crippen molar-refractivity contribution in [1.29, 1.82) is 0 Å². The highest BCUT2D eigenvalue weighted by molar-refractivity contribution is 7.80. The summed E-state index contributed by atoms with van der Waals surface area (Å²) in [6.07, 6.45) is 2.97. The summed E-state index contributed by atoms with van der Waals surface area (Å²) in [4.78, 5) is 23.1. The van der Waals surface area contributed by atoms with Gasteiger partial charge in [0.1, 0.15) is 5.58 Å². The smallest absolute Gasteiger partial charge is 0.345 e. The van der Waals surface area contributed by atoms with Crippen LogP contribution >= 0.6 is 12.2 Å². The third-order valence-corrected chi connectivity index (χ3v) is 4.16. The van der Waals surface area contributed by atoms with Crippen LogP contribution in [0.5, 0.6) is 0 Å². The van der Waals surface area contributed by atoms with Crippen LogP contribution in [-0.2, 0) is 9.53 Å². The molecular formula is C19H23N3O4S. The molecule has 0 atom stereocenters. The molecule has 8 heteroatoms. The first-order chi connectivity index (χ1) is 13.0. The Labute approximate surface area is 162 Å². The third-order valence-electron chi connectivity index (χ3n) is 3.93. The van der Waals surface area contributed by atoms with E-state index >= 15 is 0 Å². The quantitative estimate of drug-likeness (QED) is 0.179. The van der Waals surface area contributed by atoms with Gasteiger partial charge in [-0.05, 0) is 44.1 Å². The topological polar surface area (TPSA) is 92.9 Å². The van der Waals surface area contributed by atoms with Crippen molar-refractivity contribution in [3.05, 3.63) is 46.3 Å². The number of benzene rings is 1. The molecule has 0 saturated carbocycles. The van der Waals surface area contributed by atoms with Crippen LogP contribution in [0.2, 0.25) is 0 Å². The minimum absolute atomic E-state index is 0.192. The highest BCUT2D eigenvalue weighted by Crippen LogP contribution is 2.12. The number of carbonyl (C=O) groups is 1. The molecule has 0 aliphatic rings. The molecule has 0 aliphatic heterocycles. The second kappa shape index (κ2) is 10.4. The minimum Gasteiger partial charge on any atom is -0.469 e. The average molecular weight is 389 g/mol. The van der Waals surface area contributed by atoms with Crippen molar-refractivity contribution in [2.45, 2.75) is 32.6 Å². The largest absolute Gasteiger partial charge is 0.469 e. The van der Waals surface area contributed by atoms with Crippen molar-refractivity contribution in [3.63, 3.8) is 0 Å². The highest BCUT2D eigenvalue weighted by atomic mass is 32.1. The number of rotatable bonds is 8. The maximum Gasteiger partial charge on any atom is 0.345 e. The molecule has 1 heterocycles. The zero-order valence-corrected chi connectivity index (χ0v) is 16.2. The van der Waals surface area contributed by atoms with Crippen LogP contribution in [0.25, 0.3) is 11.0 Å². The first kappa shape index (κ1) is 20.6. The molecule has 0 unspecified atom stereocenters. The monoisotopic (exact) mass is 389 g/mol. The molecule has 144 valence electrons. The summed E-state index contributed by atoms with van der Waals surface area (Å²) in [6.45, 7) is 2.38. The van der Waals surface area contributed by atoms with Gasteiger partial charge in [0.15, 0.2) is 5.11 Å². The summed E-state index contributed by atoms with van der Waals surface area (Å²) in [6, 6.07) is 9.05. The lowest BCUT2D eigenvalue weighted by Crippen LogP contribution is -2.33. The fourth-order valence-corrected chi connectivity index (χ4v) is 2.57. The van der Waals surface area contributed by atoms with Crippen LogP contribution in [0.4, 0.5) is 0 Å². The van der Waals surface area contributed by atoms with Gasteiger partial charge in [-0.25, -0.2) is 4.79 Å². The Morgan fingerprint density at radius 2 is 2.04 bits per heavy atom. The van der Waals surface area contributed by atoms with E-state index in [0.29, 0.717) is 34.9 Å². The molecule has 0 spiro atoms. The zero-order chi connectivity index (χ0) is 19.6. The molecule has 0 amide bonds. The number of nitrogens with zero attached hydrogens (tertiary/aromatic N) is 1. The normalized spacial score (nSPS) is 11.3. The summed E-state index contributed by atoms with van der Waals surface area (Å²) < 4.78 is 9.89. The van der Waals surface area contributed by atoms with Crippen LogP contribution in [0.3, 0.4) is 0 Å². The first-order valence-electron chi connectivity index (χ1n) is 8.69. The maximum atomic E-state index is 12.1. The fraction of sp³-hybridized carbons (Fsp3) is 0.368. The number of nitrogens with one attached hydrogen (secondary N) is 2. The molecule has 1 aromatic heterocycles. The average Bonchev–Trinajstić information content (AvgIpc) is 2.67. The lowest BCUT2D eigenvalue weighted by molar-refractivity contribution is -0.140. The van der Waals surface area contributed by atoms with Gasteiger partial charge in [0.25, 0.3) is 0 Å². The summed E-state index contributed by atoms with van der Waals surface area (Å²) in [7, 11) is 1.39. The number of ether oxygens (including phenoxy) is 1. The van der Waals surface area contributed by atoms with E-state index in [9.17, 15) is 9.59 Å². The number of esters is 1. The number of para-hydroxylation sites is 1. The number of hydrogen-bond acceptors (Lipinski definition) is 6. The predicted octanol–water partition coefficient (Wildman–Crippen LogP) is 2.71. The molecule has 7 nitrogen and oxygen atoms in total. The molecule has 1 aromatic carbocycles. The molecule has 0 bridgehead atoms. The number of fused-ring (bicyclic) bond motifs is 1. The van der Waals surface area contributed by atoms with E-state index in [-0.39, 0.29) is 5.97 Å². The minimum atomic E-state index is -0.443. The van der Waals surface area contributed by atoms with E-state index < -0.39 is 5.63 Å². The van der Waals surface area contributed by atoms with Crippen LogP contribution in [0, 0.1) is 0 Å². The standard InChI is InChI=1S/C19H23N3O4S/c1-13(15-12-14-8-5-6-9-16(14)26-18(15)24)21-22-19(27)20-11-7-3-4-10-17(23)25-2/h5-6,8-9,12H,3-4,7,10-11H2,1-2H3,(H2,20,22,27)/b21-13-. The predicted molar refractivity (Wildman–Crippen MR) is 109 cm³/mol. The summed E-state index contributed by atoms with van der Waals surface area (Å²) in [5.74, 6) is -0.192. The molecule has 27 heavy (non-hydrogen) atoms. The van der Waals surface area contributed by atoms with E-state index in [1.165, 1.54) is 7.11 Å². The van der Waals surface area contributed by atoms with Crippen LogP contribution in [0.1, 0.15) is 38.2 Å². The van der Waals surface area contributed by atoms with Gasteiger partial charge in [0.2, 0.25) is 0 Å². The number of hydrazone groups is 1. The Hall–Kier alpha value is -2.74. The van der Waals surface area contributed by atoms with Crippen molar-refractivity contribution in [2.75, 3.05) is 13.7 Å². The van der Waals surface area contributed by atoms with Crippen molar-refractivity contribution in [3.8, 4) is 0 Å². The van der Waals surface area contributed by atoms with Gasteiger partial charge in [0, 0.05) is 18.4 Å². The van der Waals surface area contributed by atoms with Gasteiger partial charge in [-0.15, -0.1) is 0 Å². The molecular weight excluding hydrogens is 366 g/mol. The van der Waals surface area contributed by atoms with E-state index in [1.807, 2.05) is 18.2 Å². The molecule has 2 N–H and O–H groups in total. The van der Waals surface area contributed by atoms with Crippen molar-refractivity contribution in [2.24, 2.45) is 5.10 Å². The van der Waals surface area contributed by atoms with Crippen LogP contribution in [0.15, 0.2) is 44.6 Å². The number of unbranched alkanes of at least 4 members (excludes halogenated alkanes) is 2. The van der Waals surface area contributed by atoms with Gasteiger partial charge < -0.3 is 14.5 Å². The third kappa shape index (κ3) is 6.49. The lowest BCUT2D eigenvalue weighted by Gasteiger charge is -2.08. The van der Waals surface area contributed by atoms with E-state index in [1.54, 1.807) is 19.1 Å². The Kier molecular flexibility index (Phi) is 7.94. The van der Waals surface area contributed by atoms with Gasteiger partial charge in [-0.3, -0.25) is 10.2 Å². The summed E-state index contributed by atoms with van der Waals surface area (Å²) in [5, 5.41) is 8.38. The van der Waals surface area contributed by atoms with E-state index in [0.717, 1.165) is 24.6 Å². The van der Waals surface area contributed by atoms with Gasteiger partial charge in [-0.2, -0.15) is 5.10 Å². The van der Waals surface area contributed by atoms with Crippen molar-refractivity contribution < 1.29 is 13.9 Å². The number of hydrogen-bond donors (Lipinski definition) is 2. The van der Waals surface area contributed by atoms with E-state index in [4.69, 9.17) is 16.6 Å². The van der Waals surface area contributed by atoms with Crippen LogP contribution < -0.4 is 16.4 Å². The highest BCUT2D eigenvalue weighted by Gasteiger charge is 2.08. The maximum absolute atomic E-state index is 12.1. The fourth-order valence-electron chi connectivity index (χ4n) is 2.42. The Bertz CT molecular complexity index is 892. The summed E-state index contributed by atoms with van der Waals surface area (Å²) in [5.41, 5.74) is 3.69. The second-order valence-electron chi connectivity index (χ2n) is 5.94. The second-order valence-corrected chi connectivity index (χ2v) is 6.35. The van der Waals surface area contributed by atoms with Gasteiger partial charge in [-0.1, -0.05) is 24.6 Å². The summed E-state index contributed by atoms with van der Waals surface area (Å²) >= 11 is 5.17. The van der Waals surface area contributed by atoms with Gasteiger partial charge in [0.05, 0.1) is 18.4 Å². The SMILES string of the molecule is COC(=O)CCCCCNC(=S)N/N=C(/C)c1cc2ccccc2oc1=O. The van der Waals surface area contributed by atoms with Crippen LogP contribution in [-0.4, -0.2) is 30.4 Å². The zero-order valence-electron chi connectivity index (χ0n) is 15.4. The Morgan fingerprint density at radius 1 is 1.26 bits per heavy atom. The molecule has 0 saturated heterocycles. The van der Waals surface area contributed by atoms with E-state index in [2.05, 4.69) is 20.6 Å². The van der Waals surface area contributed by atoms with Gasteiger partial charge >= 0.3 is 11.6 Å². The molecule has 0 aliphatic carbocycles. The van der Waals surface area contributed by atoms with Crippen molar-refractivity contribution >= 4 is 40.0 Å². The lowest BCUT2D eigenvalue weighted by atomic mass is 10.1. The Balaban J connectivity index is 1.81. The first-order valence-corrected chi connectivity index (χ1v) is 9.10. The molecule has 0 radical (unpaired) electrons. The molecule has 2 aromatic rings.